The van der Waals surface area contributed by atoms with Gasteiger partial charge in [0.25, 0.3) is 0 Å². The molecule has 6 heteroatoms. The molecule has 0 spiro atoms. The van der Waals surface area contributed by atoms with Crippen LogP contribution in [0, 0.1) is 6.92 Å². The van der Waals surface area contributed by atoms with Gasteiger partial charge in [0.2, 0.25) is 11.8 Å². The number of nitrogens with one attached hydrogen (secondary N) is 1. The van der Waals surface area contributed by atoms with Gasteiger partial charge < -0.3 is 20.7 Å². The molecule has 6 nitrogen and oxygen atoms in total. The number of para-hydroxylation sites is 1. The Kier molecular flexibility index (Phi) is 8.23. The summed E-state index contributed by atoms with van der Waals surface area (Å²) < 4.78 is 6.04. The van der Waals surface area contributed by atoms with E-state index in [4.69, 9.17) is 10.5 Å². The van der Waals surface area contributed by atoms with Gasteiger partial charge in [-0.3, -0.25) is 9.59 Å². The summed E-state index contributed by atoms with van der Waals surface area (Å²) in [6, 6.07) is 28.8. The molecule has 0 aromatic heterocycles. The maximum atomic E-state index is 13.8. The molecule has 3 N–H and O–H groups in total. The fourth-order valence-electron chi connectivity index (χ4n) is 5.26. The number of unbranched alkanes of at least 4 members (excludes halogenated alkanes) is 1. The Hall–Kier alpha value is -4.16. The SMILES string of the molecule is Cc1cc(CN2C(=O)[C@H](Cc3ccc4ccccc4c3)NC(=O)[C@@H]2CCCCN)ccc1Oc1ccccc1. The first-order valence-electron chi connectivity index (χ1n) is 13.6. The number of carbonyl (C=O) groups excluding carboxylic acids is 2. The summed E-state index contributed by atoms with van der Waals surface area (Å²) in [4.78, 5) is 28.9. The predicted octanol–water partition coefficient (Wildman–Crippen LogP) is 5.51. The number of fused-ring (bicyclic) bond motifs is 1. The fraction of sp³-hybridized carbons (Fsp3) is 0.273. The maximum Gasteiger partial charge on any atom is 0.246 e. The van der Waals surface area contributed by atoms with Crippen molar-refractivity contribution >= 4 is 22.6 Å². The van der Waals surface area contributed by atoms with E-state index in [1.807, 2.05) is 73.7 Å². The van der Waals surface area contributed by atoms with Gasteiger partial charge in [-0.25, -0.2) is 0 Å². The largest absolute Gasteiger partial charge is 0.457 e. The number of amides is 2. The highest BCUT2D eigenvalue weighted by Crippen LogP contribution is 2.28. The number of hydrogen-bond acceptors (Lipinski definition) is 4. The van der Waals surface area contributed by atoms with E-state index < -0.39 is 12.1 Å². The molecule has 1 saturated heterocycles. The van der Waals surface area contributed by atoms with Crippen LogP contribution in [-0.2, 0) is 22.6 Å². The highest BCUT2D eigenvalue weighted by atomic mass is 16.5. The molecule has 1 fully saturated rings. The van der Waals surface area contributed by atoms with Crippen LogP contribution in [0.4, 0.5) is 0 Å². The van der Waals surface area contributed by atoms with Gasteiger partial charge >= 0.3 is 0 Å². The van der Waals surface area contributed by atoms with E-state index in [1.54, 1.807) is 4.90 Å². The second-order valence-corrected chi connectivity index (χ2v) is 10.2. The van der Waals surface area contributed by atoms with E-state index in [2.05, 4.69) is 29.6 Å². The molecular weight excluding hydrogens is 486 g/mol. The molecule has 200 valence electrons. The number of carbonyl (C=O) groups is 2. The summed E-state index contributed by atoms with van der Waals surface area (Å²) in [6.07, 6.45) is 2.64. The Morgan fingerprint density at radius 2 is 1.59 bits per heavy atom. The third-order valence-corrected chi connectivity index (χ3v) is 7.33. The number of ether oxygens (including phenoxy) is 1. The minimum Gasteiger partial charge on any atom is -0.457 e. The van der Waals surface area contributed by atoms with Gasteiger partial charge in [0, 0.05) is 13.0 Å². The number of nitrogens with zero attached hydrogens (tertiary/aromatic N) is 1. The molecule has 5 rings (SSSR count). The lowest BCUT2D eigenvalue weighted by Gasteiger charge is -2.39. The number of aryl methyl sites for hydroxylation is 1. The lowest BCUT2D eigenvalue weighted by molar-refractivity contribution is -0.150. The van der Waals surface area contributed by atoms with Gasteiger partial charge in [-0.05, 0) is 78.4 Å². The molecule has 0 aliphatic carbocycles. The van der Waals surface area contributed by atoms with E-state index in [0.29, 0.717) is 25.9 Å². The molecule has 1 aliphatic heterocycles. The lowest BCUT2D eigenvalue weighted by atomic mass is 9.95. The van der Waals surface area contributed by atoms with Crippen molar-refractivity contribution in [1.29, 1.82) is 0 Å². The quantitative estimate of drug-likeness (QED) is 0.270. The van der Waals surface area contributed by atoms with Crippen LogP contribution >= 0.6 is 0 Å². The van der Waals surface area contributed by atoms with Crippen LogP contribution in [0.15, 0.2) is 91.0 Å². The molecule has 4 aromatic rings. The van der Waals surface area contributed by atoms with E-state index >= 15 is 0 Å². The third-order valence-electron chi connectivity index (χ3n) is 7.33. The number of piperazine rings is 1. The average molecular weight is 522 g/mol. The number of rotatable bonds is 10. The van der Waals surface area contributed by atoms with Gasteiger partial charge in [-0.2, -0.15) is 0 Å². The minimum absolute atomic E-state index is 0.0530. The lowest BCUT2D eigenvalue weighted by Crippen LogP contribution is -2.63. The highest BCUT2D eigenvalue weighted by Gasteiger charge is 2.40. The fourth-order valence-corrected chi connectivity index (χ4v) is 5.26. The Morgan fingerprint density at radius 1 is 0.846 bits per heavy atom. The molecule has 2 amide bonds. The van der Waals surface area contributed by atoms with Crippen molar-refractivity contribution in [2.24, 2.45) is 5.73 Å². The summed E-state index contributed by atoms with van der Waals surface area (Å²) in [5.41, 5.74) is 8.66. The summed E-state index contributed by atoms with van der Waals surface area (Å²) in [5, 5.41) is 5.29. The van der Waals surface area contributed by atoms with E-state index in [0.717, 1.165) is 51.8 Å². The maximum absolute atomic E-state index is 13.8. The van der Waals surface area contributed by atoms with Crippen LogP contribution in [0.1, 0.15) is 36.0 Å². The zero-order valence-corrected chi connectivity index (χ0v) is 22.3. The molecule has 39 heavy (non-hydrogen) atoms. The average Bonchev–Trinajstić information content (AvgIpc) is 2.95. The molecule has 2 atom stereocenters. The standard InChI is InChI=1S/C33H35N3O3/c1-23-19-25(15-17-31(23)39-28-11-3-2-4-12-28)22-36-30(13-7-8-18-34)32(37)35-29(33(36)38)21-24-14-16-26-9-5-6-10-27(26)20-24/h2-6,9-12,14-17,19-20,29-30H,7-8,13,18,21-22,34H2,1H3,(H,35,37)/t29-,30-/m0/s1. The number of benzene rings is 4. The van der Waals surface area contributed by atoms with Gasteiger partial charge in [0.1, 0.15) is 23.6 Å². The summed E-state index contributed by atoms with van der Waals surface area (Å²) >= 11 is 0. The molecule has 1 aliphatic rings. The molecule has 0 radical (unpaired) electrons. The van der Waals surface area contributed by atoms with Crippen LogP contribution < -0.4 is 15.8 Å². The van der Waals surface area contributed by atoms with Crippen molar-refractivity contribution < 1.29 is 14.3 Å². The van der Waals surface area contributed by atoms with Crippen LogP contribution in [0.3, 0.4) is 0 Å². The number of hydrogen-bond donors (Lipinski definition) is 2. The van der Waals surface area contributed by atoms with Crippen molar-refractivity contribution in [3.8, 4) is 11.5 Å². The van der Waals surface area contributed by atoms with E-state index in [1.165, 1.54) is 0 Å². The summed E-state index contributed by atoms with van der Waals surface area (Å²) in [7, 11) is 0. The van der Waals surface area contributed by atoms with Gasteiger partial charge in [-0.1, -0.05) is 72.8 Å². The Balaban J connectivity index is 1.36. The monoisotopic (exact) mass is 521 g/mol. The van der Waals surface area contributed by atoms with Crippen molar-refractivity contribution in [2.75, 3.05) is 6.54 Å². The van der Waals surface area contributed by atoms with Gasteiger partial charge in [0.15, 0.2) is 0 Å². The third kappa shape index (κ3) is 6.29. The summed E-state index contributed by atoms with van der Waals surface area (Å²) in [6.45, 7) is 2.92. The molecular formula is C33H35N3O3. The molecule has 1 heterocycles. The zero-order chi connectivity index (χ0) is 27.2. The Bertz CT molecular complexity index is 1450. The molecule has 0 unspecified atom stereocenters. The summed E-state index contributed by atoms with van der Waals surface area (Å²) in [5.74, 6) is 1.38. The first-order chi connectivity index (χ1) is 19.0. The van der Waals surface area contributed by atoms with Crippen molar-refractivity contribution in [3.05, 3.63) is 108 Å². The highest BCUT2D eigenvalue weighted by molar-refractivity contribution is 5.97. The second-order valence-electron chi connectivity index (χ2n) is 10.2. The van der Waals surface area contributed by atoms with Crippen LogP contribution in [0.2, 0.25) is 0 Å². The smallest absolute Gasteiger partial charge is 0.246 e. The first kappa shape index (κ1) is 26.4. The topological polar surface area (TPSA) is 84.7 Å². The van der Waals surface area contributed by atoms with Gasteiger partial charge in [-0.15, -0.1) is 0 Å². The van der Waals surface area contributed by atoms with Crippen molar-refractivity contribution in [3.63, 3.8) is 0 Å². The normalized spacial score (nSPS) is 17.3. The van der Waals surface area contributed by atoms with E-state index in [9.17, 15) is 9.59 Å². The predicted molar refractivity (Wildman–Crippen MR) is 155 cm³/mol. The second kappa shape index (κ2) is 12.1. The number of nitrogens with two attached hydrogens (primary N) is 1. The Labute approximate surface area is 229 Å². The van der Waals surface area contributed by atoms with Gasteiger partial charge in [0.05, 0.1) is 0 Å². The minimum atomic E-state index is -0.605. The molecule has 4 aromatic carbocycles. The zero-order valence-electron chi connectivity index (χ0n) is 22.3. The van der Waals surface area contributed by atoms with Crippen molar-refractivity contribution in [2.45, 2.75) is 51.2 Å². The van der Waals surface area contributed by atoms with Crippen LogP contribution in [0.5, 0.6) is 11.5 Å². The molecule has 0 bridgehead atoms. The molecule has 0 saturated carbocycles. The van der Waals surface area contributed by atoms with Crippen LogP contribution in [0.25, 0.3) is 10.8 Å². The Morgan fingerprint density at radius 3 is 2.36 bits per heavy atom. The van der Waals surface area contributed by atoms with Crippen LogP contribution in [-0.4, -0.2) is 35.3 Å². The first-order valence-corrected chi connectivity index (χ1v) is 13.6. The van der Waals surface area contributed by atoms with Crippen molar-refractivity contribution in [1.82, 2.24) is 10.2 Å². The van der Waals surface area contributed by atoms with E-state index in [-0.39, 0.29) is 11.8 Å².